The van der Waals surface area contributed by atoms with Gasteiger partial charge in [0.05, 0.1) is 5.92 Å². The molecule has 1 amide bonds. The largest absolute Gasteiger partial charge is 0.352 e. The van der Waals surface area contributed by atoms with Crippen LogP contribution in [0.4, 0.5) is 0 Å². The zero-order chi connectivity index (χ0) is 13.0. The van der Waals surface area contributed by atoms with Crippen LogP contribution in [-0.2, 0) is 11.3 Å². The first-order valence-corrected chi connectivity index (χ1v) is 7.19. The van der Waals surface area contributed by atoms with Crippen molar-refractivity contribution in [1.29, 1.82) is 0 Å². The minimum absolute atomic E-state index is 0. The zero-order valence-electron chi connectivity index (χ0n) is 11.0. The van der Waals surface area contributed by atoms with Crippen LogP contribution in [0.25, 0.3) is 0 Å². The molecule has 1 aliphatic heterocycles. The Balaban J connectivity index is 0.00000180. The Hall–Kier alpha value is -0.580. The Bertz CT molecular complexity index is 433. The molecule has 3 nitrogen and oxygen atoms in total. The summed E-state index contributed by atoms with van der Waals surface area (Å²) < 4.78 is 1.08. The summed E-state index contributed by atoms with van der Waals surface area (Å²) in [7, 11) is 0. The van der Waals surface area contributed by atoms with Gasteiger partial charge in [0, 0.05) is 17.6 Å². The number of carbonyl (C=O) groups excluding carboxylic acids is 1. The summed E-state index contributed by atoms with van der Waals surface area (Å²) in [5.74, 6) is 0.305. The van der Waals surface area contributed by atoms with Gasteiger partial charge in [0.15, 0.2) is 0 Å². The molecule has 0 saturated carbocycles. The van der Waals surface area contributed by atoms with Crippen molar-refractivity contribution in [2.75, 3.05) is 13.1 Å². The van der Waals surface area contributed by atoms with Crippen molar-refractivity contribution in [3.05, 3.63) is 33.8 Å². The molecule has 0 spiro atoms. The third-order valence-electron chi connectivity index (χ3n) is 3.43. The summed E-state index contributed by atoms with van der Waals surface area (Å²) in [6.45, 7) is 4.53. The second kappa shape index (κ2) is 7.88. The predicted octanol–water partition coefficient (Wildman–Crippen LogP) is 2.80. The number of nitrogens with one attached hydrogen (secondary N) is 2. The SMILES string of the molecule is Cc1cc(Br)ccc1CNC(=O)C1CCCNC1.Cl. The molecule has 2 rings (SSSR count). The number of amides is 1. The molecule has 2 N–H and O–H groups in total. The molecule has 0 radical (unpaired) electrons. The normalized spacial score (nSPS) is 18.5. The van der Waals surface area contributed by atoms with Gasteiger partial charge in [-0.15, -0.1) is 12.4 Å². The van der Waals surface area contributed by atoms with E-state index < -0.39 is 0 Å². The maximum atomic E-state index is 12.0. The molecule has 106 valence electrons. The fraction of sp³-hybridized carbons (Fsp3) is 0.500. The van der Waals surface area contributed by atoms with Gasteiger partial charge in [0.1, 0.15) is 0 Å². The van der Waals surface area contributed by atoms with E-state index in [1.54, 1.807) is 0 Å². The van der Waals surface area contributed by atoms with Crippen molar-refractivity contribution in [3.8, 4) is 0 Å². The standard InChI is InChI=1S/C14H19BrN2O.ClH/c1-10-7-13(15)5-4-11(10)9-17-14(18)12-3-2-6-16-8-12;/h4-5,7,12,16H,2-3,6,8-9H2,1H3,(H,17,18);1H. The quantitative estimate of drug-likeness (QED) is 0.883. The topological polar surface area (TPSA) is 41.1 Å². The second-order valence-corrected chi connectivity index (χ2v) is 5.75. The Morgan fingerprint density at radius 3 is 2.95 bits per heavy atom. The molecule has 1 aromatic rings. The predicted molar refractivity (Wildman–Crippen MR) is 83.6 cm³/mol. The summed E-state index contributed by atoms with van der Waals surface area (Å²) in [6, 6.07) is 6.14. The van der Waals surface area contributed by atoms with Crippen molar-refractivity contribution in [2.24, 2.45) is 5.92 Å². The van der Waals surface area contributed by atoms with Gasteiger partial charge in [-0.2, -0.15) is 0 Å². The number of carbonyl (C=O) groups is 1. The van der Waals surface area contributed by atoms with Gasteiger partial charge in [0.25, 0.3) is 0 Å². The molecule has 1 atom stereocenters. The van der Waals surface area contributed by atoms with Gasteiger partial charge in [-0.3, -0.25) is 4.79 Å². The number of rotatable bonds is 3. The van der Waals surface area contributed by atoms with Crippen molar-refractivity contribution >= 4 is 34.2 Å². The summed E-state index contributed by atoms with van der Waals surface area (Å²) >= 11 is 3.44. The Labute approximate surface area is 129 Å². The lowest BCUT2D eigenvalue weighted by Crippen LogP contribution is -2.40. The highest BCUT2D eigenvalue weighted by Crippen LogP contribution is 2.16. The molecule has 5 heteroatoms. The highest BCUT2D eigenvalue weighted by Gasteiger charge is 2.20. The van der Waals surface area contributed by atoms with Crippen LogP contribution in [0.3, 0.4) is 0 Å². The van der Waals surface area contributed by atoms with E-state index in [1.807, 2.05) is 6.07 Å². The minimum atomic E-state index is 0. The Morgan fingerprint density at radius 1 is 1.53 bits per heavy atom. The molecule has 1 aliphatic rings. The molecule has 1 saturated heterocycles. The van der Waals surface area contributed by atoms with Crippen LogP contribution in [-0.4, -0.2) is 19.0 Å². The van der Waals surface area contributed by atoms with Gasteiger partial charge < -0.3 is 10.6 Å². The van der Waals surface area contributed by atoms with Crippen LogP contribution < -0.4 is 10.6 Å². The fourth-order valence-corrected chi connectivity index (χ4v) is 2.74. The Kier molecular flexibility index (Phi) is 6.83. The third-order valence-corrected chi connectivity index (χ3v) is 3.92. The number of halogens is 2. The van der Waals surface area contributed by atoms with Crippen LogP contribution in [0, 0.1) is 12.8 Å². The van der Waals surface area contributed by atoms with Gasteiger partial charge in [-0.1, -0.05) is 22.0 Å². The zero-order valence-corrected chi connectivity index (χ0v) is 13.4. The number of hydrogen-bond donors (Lipinski definition) is 2. The number of benzene rings is 1. The maximum Gasteiger partial charge on any atom is 0.224 e. The molecule has 19 heavy (non-hydrogen) atoms. The van der Waals surface area contributed by atoms with Gasteiger partial charge in [0.2, 0.25) is 5.91 Å². The lowest BCUT2D eigenvalue weighted by molar-refractivity contribution is -0.125. The highest BCUT2D eigenvalue weighted by molar-refractivity contribution is 9.10. The molecule has 1 unspecified atom stereocenters. The summed E-state index contributed by atoms with van der Waals surface area (Å²) in [6.07, 6.45) is 2.09. The first-order valence-electron chi connectivity index (χ1n) is 6.40. The van der Waals surface area contributed by atoms with Crippen LogP contribution >= 0.6 is 28.3 Å². The van der Waals surface area contributed by atoms with Gasteiger partial charge >= 0.3 is 0 Å². The van der Waals surface area contributed by atoms with E-state index in [4.69, 9.17) is 0 Å². The van der Waals surface area contributed by atoms with Crippen LogP contribution in [0.2, 0.25) is 0 Å². The third kappa shape index (κ3) is 4.79. The molecule has 0 bridgehead atoms. The van der Waals surface area contributed by atoms with Crippen LogP contribution in [0.5, 0.6) is 0 Å². The number of aryl methyl sites for hydroxylation is 1. The average Bonchev–Trinajstić information content (AvgIpc) is 2.38. The van der Waals surface area contributed by atoms with Crippen molar-refractivity contribution in [1.82, 2.24) is 10.6 Å². The van der Waals surface area contributed by atoms with Gasteiger partial charge in [-0.25, -0.2) is 0 Å². The Morgan fingerprint density at radius 2 is 2.32 bits per heavy atom. The highest BCUT2D eigenvalue weighted by atomic mass is 79.9. The minimum Gasteiger partial charge on any atom is -0.352 e. The summed E-state index contributed by atoms with van der Waals surface area (Å²) in [5.41, 5.74) is 2.38. The van der Waals surface area contributed by atoms with Crippen molar-refractivity contribution < 1.29 is 4.79 Å². The monoisotopic (exact) mass is 346 g/mol. The van der Waals surface area contributed by atoms with E-state index in [0.29, 0.717) is 6.54 Å². The molecule has 1 heterocycles. The van der Waals surface area contributed by atoms with E-state index in [1.165, 1.54) is 11.1 Å². The first-order chi connectivity index (χ1) is 8.66. The first kappa shape index (κ1) is 16.5. The molecule has 0 aliphatic carbocycles. The molecule has 1 fully saturated rings. The van der Waals surface area contributed by atoms with Crippen molar-refractivity contribution in [2.45, 2.75) is 26.3 Å². The van der Waals surface area contributed by atoms with Gasteiger partial charge in [-0.05, 0) is 49.6 Å². The molecule has 1 aromatic carbocycles. The molecular weight excluding hydrogens is 328 g/mol. The van der Waals surface area contributed by atoms with E-state index >= 15 is 0 Å². The van der Waals surface area contributed by atoms with Crippen LogP contribution in [0.15, 0.2) is 22.7 Å². The lowest BCUT2D eigenvalue weighted by atomic mass is 9.98. The molecule has 0 aromatic heterocycles. The number of hydrogen-bond acceptors (Lipinski definition) is 2. The smallest absolute Gasteiger partial charge is 0.224 e. The summed E-state index contributed by atoms with van der Waals surface area (Å²) in [5, 5.41) is 6.30. The average molecular weight is 348 g/mol. The molecular formula is C14H20BrClN2O. The van der Waals surface area contributed by atoms with E-state index in [-0.39, 0.29) is 24.2 Å². The van der Waals surface area contributed by atoms with Crippen LogP contribution in [0.1, 0.15) is 24.0 Å². The second-order valence-electron chi connectivity index (χ2n) is 4.83. The van der Waals surface area contributed by atoms with E-state index in [9.17, 15) is 4.79 Å². The van der Waals surface area contributed by atoms with Crippen molar-refractivity contribution in [3.63, 3.8) is 0 Å². The van der Waals surface area contributed by atoms with E-state index in [2.05, 4.69) is 45.6 Å². The van der Waals surface area contributed by atoms with E-state index in [0.717, 1.165) is 30.4 Å². The lowest BCUT2D eigenvalue weighted by Gasteiger charge is -2.22. The fourth-order valence-electron chi connectivity index (χ4n) is 2.26. The summed E-state index contributed by atoms with van der Waals surface area (Å²) in [4.78, 5) is 12.0. The maximum absolute atomic E-state index is 12.0. The number of piperidine rings is 1.